The van der Waals surface area contributed by atoms with E-state index in [2.05, 4.69) is 10.0 Å². The highest BCUT2D eigenvalue weighted by Crippen LogP contribution is 2.35. The number of hydrogen-bond acceptors (Lipinski definition) is 5. The van der Waals surface area contributed by atoms with Crippen molar-refractivity contribution in [1.82, 2.24) is 0 Å². The maximum atomic E-state index is 13.0. The molecule has 1 saturated carbocycles. The molecule has 1 aromatic heterocycles. The van der Waals surface area contributed by atoms with Crippen LogP contribution in [0.1, 0.15) is 48.2 Å². The Bertz CT molecular complexity index is 1160. The molecule has 3 aromatic rings. The van der Waals surface area contributed by atoms with Gasteiger partial charge in [-0.1, -0.05) is 37.5 Å². The summed E-state index contributed by atoms with van der Waals surface area (Å²) in [6.07, 6.45) is 7.43. The lowest BCUT2D eigenvalue weighted by Gasteiger charge is -2.20. The first kappa shape index (κ1) is 21.8. The van der Waals surface area contributed by atoms with E-state index in [1.54, 1.807) is 24.3 Å². The van der Waals surface area contributed by atoms with E-state index in [1.165, 1.54) is 32.1 Å². The number of thioether (sulfide) groups is 1. The number of benzene rings is 2. The summed E-state index contributed by atoms with van der Waals surface area (Å²) < 4.78 is 31.1. The van der Waals surface area contributed by atoms with Crippen LogP contribution in [0.4, 0.5) is 11.4 Å². The summed E-state index contributed by atoms with van der Waals surface area (Å²) in [5.41, 5.74) is 2.64. The van der Waals surface area contributed by atoms with Crippen LogP contribution in [-0.2, 0) is 15.8 Å². The number of carbonyl (C=O) groups is 1. The number of sulfonamides is 1. The molecule has 0 radical (unpaired) electrons. The molecule has 164 valence electrons. The minimum atomic E-state index is -3.35. The Morgan fingerprint density at radius 2 is 1.71 bits per heavy atom. The van der Waals surface area contributed by atoms with E-state index >= 15 is 0 Å². The second kappa shape index (κ2) is 9.36. The van der Waals surface area contributed by atoms with Crippen LogP contribution in [0, 0.1) is 0 Å². The number of anilines is 2. The minimum absolute atomic E-state index is 0.306. The molecule has 1 amide bonds. The van der Waals surface area contributed by atoms with Crippen LogP contribution >= 0.6 is 11.8 Å². The Labute approximate surface area is 186 Å². The molecule has 0 atom stereocenters. The monoisotopic (exact) mass is 458 g/mol. The first-order valence-corrected chi connectivity index (χ1v) is 13.3. The van der Waals surface area contributed by atoms with E-state index in [0.717, 1.165) is 23.0 Å². The Morgan fingerprint density at radius 1 is 1.03 bits per heavy atom. The summed E-state index contributed by atoms with van der Waals surface area (Å²) in [7, 11) is -3.35. The number of hydrogen-bond donors (Lipinski definition) is 2. The van der Waals surface area contributed by atoms with Gasteiger partial charge >= 0.3 is 0 Å². The third kappa shape index (κ3) is 5.62. The molecule has 0 bridgehead atoms. The molecule has 6 nitrogen and oxygen atoms in total. The molecule has 31 heavy (non-hydrogen) atoms. The van der Waals surface area contributed by atoms with Gasteiger partial charge in [0.1, 0.15) is 5.58 Å². The molecule has 0 aliphatic heterocycles. The maximum absolute atomic E-state index is 13.0. The Morgan fingerprint density at radius 3 is 2.42 bits per heavy atom. The Kier molecular flexibility index (Phi) is 6.57. The van der Waals surface area contributed by atoms with Gasteiger partial charge in [-0.25, -0.2) is 8.42 Å². The van der Waals surface area contributed by atoms with E-state index in [-0.39, 0.29) is 5.91 Å². The second-order valence-corrected chi connectivity index (χ2v) is 10.9. The Balaban J connectivity index is 1.53. The fraction of sp³-hybridized carbons (Fsp3) is 0.348. The van der Waals surface area contributed by atoms with Crippen molar-refractivity contribution in [3.8, 4) is 0 Å². The molecule has 1 fully saturated rings. The first-order valence-electron chi connectivity index (χ1n) is 10.4. The minimum Gasteiger partial charge on any atom is -0.451 e. The maximum Gasteiger partial charge on any atom is 0.291 e. The van der Waals surface area contributed by atoms with Crippen molar-refractivity contribution in [2.75, 3.05) is 16.3 Å². The molecular weight excluding hydrogens is 432 g/mol. The lowest BCUT2D eigenvalue weighted by atomic mass is 10.0. The van der Waals surface area contributed by atoms with Crippen molar-refractivity contribution in [3.63, 3.8) is 0 Å². The van der Waals surface area contributed by atoms with Gasteiger partial charge in [0, 0.05) is 33.3 Å². The van der Waals surface area contributed by atoms with Crippen LogP contribution < -0.4 is 10.0 Å². The number of fused-ring (bicyclic) bond motifs is 1. The van der Waals surface area contributed by atoms with Gasteiger partial charge < -0.3 is 9.73 Å². The van der Waals surface area contributed by atoms with Crippen LogP contribution in [0.25, 0.3) is 11.0 Å². The van der Waals surface area contributed by atoms with Crippen molar-refractivity contribution < 1.29 is 17.6 Å². The molecule has 1 aliphatic carbocycles. The van der Waals surface area contributed by atoms with Crippen molar-refractivity contribution >= 4 is 50.0 Å². The molecule has 2 aromatic carbocycles. The number of carbonyl (C=O) groups excluding carboxylic acids is 1. The molecule has 0 saturated heterocycles. The quantitative estimate of drug-likeness (QED) is 0.479. The van der Waals surface area contributed by atoms with Gasteiger partial charge in [-0.3, -0.25) is 9.52 Å². The highest BCUT2D eigenvalue weighted by Gasteiger charge is 2.22. The summed E-state index contributed by atoms with van der Waals surface area (Å²) in [5, 5.41) is 4.48. The molecule has 1 heterocycles. The fourth-order valence-electron chi connectivity index (χ4n) is 3.88. The summed E-state index contributed by atoms with van der Waals surface area (Å²) in [6, 6.07) is 14.3. The van der Waals surface area contributed by atoms with Crippen LogP contribution in [0.3, 0.4) is 0 Å². The molecule has 8 heteroatoms. The number of furan rings is 1. The van der Waals surface area contributed by atoms with Gasteiger partial charge in [0.25, 0.3) is 5.91 Å². The largest absolute Gasteiger partial charge is 0.451 e. The molecular formula is C23H26N2O4S2. The van der Waals surface area contributed by atoms with Crippen molar-refractivity contribution in [2.45, 2.75) is 43.1 Å². The summed E-state index contributed by atoms with van der Waals surface area (Å²) >= 11 is 1.91. The molecule has 4 rings (SSSR count). The topological polar surface area (TPSA) is 88.4 Å². The standard InChI is InChI=1S/C23H26N2O4S2/c1-31(27,28)25-17-13-11-16(12-14-17)24-23(26)22-20(15-30-18-7-3-2-4-8-18)19-9-5-6-10-21(19)29-22/h5-6,9-14,18,25H,2-4,7-8,15H2,1H3,(H,24,26). The fourth-order valence-corrected chi connectivity index (χ4v) is 5.80. The van der Waals surface area contributed by atoms with Gasteiger partial charge in [-0.15, -0.1) is 0 Å². The number of nitrogens with one attached hydrogen (secondary N) is 2. The molecule has 2 N–H and O–H groups in total. The third-order valence-corrected chi connectivity index (χ3v) is 7.37. The van der Waals surface area contributed by atoms with Gasteiger partial charge in [0.15, 0.2) is 5.76 Å². The van der Waals surface area contributed by atoms with Gasteiger partial charge in [-0.05, 0) is 43.2 Å². The highest BCUT2D eigenvalue weighted by molar-refractivity contribution is 7.99. The average Bonchev–Trinajstić information content (AvgIpc) is 3.12. The molecule has 1 aliphatic rings. The predicted molar refractivity (Wildman–Crippen MR) is 127 cm³/mol. The van der Waals surface area contributed by atoms with Crippen molar-refractivity contribution in [2.24, 2.45) is 0 Å². The normalized spacial score (nSPS) is 15.1. The molecule has 0 spiro atoms. The zero-order chi connectivity index (χ0) is 21.8. The van der Waals surface area contributed by atoms with Crippen LogP contribution in [0.15, 0.2) is 52.9 Å². The first-order chi connectivity index (χ1) is 14.9. The van der Waals surface area contributed by atoms with Crippen molar-refractivity contribution in [1.29, 1.82) is 0 Å². The van der Waals surface area contributed by atoms with Crippen LogP contribution in [0.5, 0.6) is 0 Å². The van der Waals surface area contributed by atoms with E-state index < -0.39 is 10.0 Å². The number of amides is 1. The lowest BCUT2D eigenvalue weighted by molar-refractivity contribution is 0.0998. The second-order valence-electron chi connectivity index (χ2n) is 7.88. The van der Waals surface area contributed by atoms with Gasteiger partial charge in [0.2, 0.25) is 10.0 Å². The predicted octanol–water partition coefficient (Wildman–Crippen LogP) is 5.62. The van der Waals surface area contributed by atoms with E-state index in [0.29, 0.717) is 28.0 Å². The molecule has 0 unspecified atom stereocenters. The van der Waals surface area contributed by atoms with Crippen LogP contribution in [-0.4, -0.2) is 25.8 Å². The SMILES string of the molecule is CS(=O)(=O)Nc1ccc(NC(=O)c2oc3ccccc3c2CSC2CCCCC2)cc1. The van der Waals surface area contributed by atoms with Gasteiger partial charge in [-0.2, -0.15) is 11.8 Å². The zero-order valence-corrected chi connectivity index (χ0v) is 19.0. The van der Waals surface area contributed by atoms with Crippen LogP contribution in [0.2, 0.25) is 0 Å². The third-order valence-electron chi connectivity index (χ3n) is 5.37. The van der Waals surface area contributed by atoms with E-state index in [1.807, 2.05) is 36.0 Å². The van der Waals surface area contributed by atoms with E-state index in [4.69, 9.17) is 4.42 Å². The van der Waals surface area contributed by atoms with Crippen molar-refractivity contribution in [3.05, 3.63) is 59.9 Å². The number of para-hydroxylation sites is 1. The zero-order valence-electron chi connectivity index (χ0n) is 17.4. The summed E-state index contributed by atoms with van der Waals surface area (Å²) in [5.74, 6) is 0.767. The highest BCUT2D eigenvalue weighted by atomic mass is 32.2. The Hall–Kier alpha value is -2.45. The average molecular weight is 459 g/mol. The van der Waals surface area contributed by atoms with Gasteiger partial charge in [0.05, 0.1) is 6.26 Å². The number of rotatable bonds is 7. The smallest absolute Gasteiger partial charge is 0.291 e. The summed E-state index contributed by atoms with van der Waals surface area (Å²) in [6.45, 7) is 0. The summed E-state index contributed by atoms with van der Waals surface area (Å²) in [4.78, 5) is 13.0. The van der Waals surface area contributed by atoms with E-state index in [9.17, 15) is 13.2 Å². The lowest BCUT2D eigenvalue weighted by Crippen LogP contribution is -2.14.